The molecule has 7 nitrogen and oxygen atoms in total. The first kappa shape index (κ1) is 17.3. The molecule has 9 heteroatoms. The summed E-state index contributed by atoms with van der Waals surface area (Å²) in [4.78, 5) is 22.7. The van der Waals surface area contributed by atoms with Gasteiger partial charge >= 0.3 is 0 Å². The summed E-state index contributed by atoms with van der Waals surface area (Å²) >= 11 is 0. The maximum Gasteiger partial charge on any atom is 0.274 e. The van der Waals surface area contributed by atoms with E-state index in [0.717, 1.165) is 0 Å². The molecule has 0 aromatic carbocycles. The number of piperidine rings is 1. The van der Waals surface area contributed by atoms with E-state index in [0.29, 0.717) is 17.1 Å². The van der Waals surface area contributed by atoms with E-state index >= 15 is 0 Å². The van der Waals surface area contributed by atoms with Crippen molar-refractivity contribution in [3.8, 4) is 17.1 Å². The molecule has 140 valence electrons. The summed E-state index contributed by atoms with van der Waals surface area (Å²) in [5.74, 6) is -3.06. The molecule has 4 rings (SSSR count). The Balaban J connectivity index is 1.70. The Morgan fingerprint density at radius 3 is 2.67 bits per heavy atom. The summed E-state index contributed by atoms with van der Waals surface area (Å²) < 4.78 is 30.2. The number of aryl methyl sites for hydroxylation is 1. The predicted octanol–water partition coefficient (Wildman–Crippen LogP) is 2.54. The van der Waals surface area contributed by atoms with Crippen LogP contribution >= 0.6 is 0 Å². The van der Waals surface area contributed by atoms with Gasteiger partial charge in [0.25, 0.3) is 11.8 Å². The Kier molecular flexibility index (Phi) is 4.21. The Bertz CT molecular complexity index is 955. The first-order chi connectivity index (χ1) is 12.9. The molecule has 1 aliphatic rings. The zero-order valence-corrected chi connectivity index (χ0v) is 14.7. The highest BCUT2D eigenvalue weighted by atomic mass is 19.3. The molecule has 3 aromatic rings. The third-order valence-electron chi connectivity index (χ3n) is 4.57. The van der Waals surface area contributed by atoms with Crippen LogP contribution in [0.4, 0.5) is 8.78 Å². The molecule has 1 aliphatic heterocycles. The lowest BCUT2D eigenvalue weighted by atomic mass is 10.1. The van der Waals surface area contributed by atoms with Gasteiger partial charge in [0.05, 0.1) is 23.9 Å². The van der Waals surface area contributed by atoms with Crippen LogP contribution in [0.1, 0.15) is 23.3 Å². The lowest BCUT2D eigenvalue weighted by molar-refractivity contribution is -0.0495. The zero-order chi connectivity index (χ0) is 19.0. The van der Waals surface area contributed by atoms with E-state index in [1.54, 1.807) is 40.1 Å². The van der Waals surface area contributed by atoms with Crippen LogP contribution in [0.15, 0.2) is 43.1 Å². The largest absolute Gasteiger partial charge is 0.340 e. The highest BCUT2D eigenvalue weighted by Crippen LogP contribution is 2.29. The van der Waals surface area contributed by atoms with Gasteiger partial charge in [0.2, 0.25) is 0 Å². The molecular weight excluding hydrogens is 354 g/mol. The molecule has 1 fully saturated rings. The van der Waals surface area contributed by atoms with E-state index in [1.165, 1.54) is 4.90 Å². The number of carbonyl (C=O) groups excluding carboxylic acids is 1. The summed E-state index contributed by atoms with van der Waals surface area (Å²) in [5.41, 5.74) is 2.17. The monoisotopic (exact) mass is 372 g/mol. The smallest absolute Gasteiger partial charge is 0.274 e. The predicted molar refractivity (Wildman–Crippen MR) is 93.6 cm³/mol. The fourth-order valence-corrected chi connectivity index (χ4v) is 3.09. The number of rotatable bonds is 3. The van der Waals surface area contributed by atoms with Crippen molar-refractivity contribution in [2.45, 2.75) is 18.8 Å². The molecule has 1 amide bonds. The first-order valence-electron chi connectivity index (χ1n) is 8.59. The number of nitrogens with zero attached hydrogens (tertiary/aromatic N) is 6. The molecule has 0 N–H and O–H groups in total. The second kappa shape index (κ2) is 6.57. The molecule has 0 unspecified atom stereocenters. The SMILES string of the molecule is Cn1cnc(-c2cc(C(=O)N3CCC(F)(F)CC3)nn2-c2cccnc2)c1. The van der Waals surface area contributed by atoms with Crippen molar-refractivity contribution in [2.75, 3.05) is 13.1 Å². The van der Waals surface area contributed by atoms with Gasteiger partial charge in [-0.05, 0) is 18.2 Å². The van der Waals surface area contributed by atoms with Gasteiger partial charge in [0.15, 0.2) is 5.69 Å². The van der Waals surface area contributed by atoms with E-state index < -0.39 is 5.92 Å². The van der Waals surface area contributed by atoms with Gasteiger partial charge in [-0.1, -0.05) is 0 Å². The average molecular weight is 372 g/mol. The van der Waals surface area contributed by atoms with E-state index in [1.807, 2.05) is 19.3 Å². The van der Waals surface area contributed by atoms with Gasteiger partial charge in [0, 0.05) is 45.4 Å². The second-order valence-electron chi connectivity index (χ2n) is 6.61. The number of amides is 1. The van der Waals surface area contributed by atoms with E-state index in [-0.39, 0.29) is 37.5 Å². The molecule has 1 saturated heterocycles. The van der Waals surface area contributed by atoms with Crippen LogP contribution in [0, 0.1) is 0 Å². The van der Waals surface area contributed by atoms with Gasteiger partial charge < -0.3 is 9.47 Å². The minimum Gasteiger partial charge on any atom is -0.340 e. The molecule has 0 bridgehead atoms. The summed E-state index contributed by atoms with van der Waals surface area (Å²) in [5, 5.41) is 4.43. The van der Waals surface area contributed by atoms with Gasteiger partial charge in [-0.3, -0.25) is 9.78 Å². The molecular formula is C18H18F2N6O. The summed E-state index contributed by atoms with van der Waals surface area (Å²) in [7, 11) is 1.85. The number of carbonyl (C=O) groups is 1. The van der Waals surface area contributed by atoms with Crippen molar-refractivity contribution in [1.29, 1.82) is 0 Å². The number of hydrogen-bond donors (Lipinski definition) is 0. The highest BCUT2D eigenvalue weighted by Gasteiger charge is 2.36. The fraction of sp³-hybridized carbons (Fsp3) is 0.333. The standard InChI is InChI=1S/C18H18F2N6O/c1-24-11-15(22-12-24)16-9-14(23-26(16)13-3-2-6-21-10-13)17(27)25-7-4-18(19,20)5-8-25/h2-3,6,9-12H,4-5,7-8H2,1H3. The Labute approximate surface area is 154 Å². The Morgan fingerprint density at radius 1 is 1.26 bits per heavy atom. The number of imidazole rings is 1. The second-order valence-corrected chi connectivity index (χ2v) is 6.61. The molecule has 3 aromatic heterocycles. The third kappa shape index (κ3) is 3.44. The van der Waals surface area contributed by atoms with Crippen molar-refractivity contribution in [1.82, 2.24) is 29.2 Å². The average Bonchev–Trinajstić information content (AvgIpc) is 3.28. The van der Waals surface area contributed by atoms with Gasteiger partial charge in [-0.2, -0.15) is 5.10 Å². The fourth-order valence-electron chi connectivity index (χ4n) is 3.09. The number of aromatic nitrogens is 5. The third-order valence-corrected chi connectivity index (χ3v) is 4.57. The number of alkyl halides is 2. The minimum atomic E-state index is -2.70. The number of pyridine rings is 1. The minimum absolute atomic E-state index is 0.0184. The lowest BCUT2D eigenvalue weighted by Gasteiger charge is -2.31. The van der Waals surface area contributed by atoms with E-state index in [9.17, 15) is 13.6 Å². The van der Waals surface area contributed by atoms with Crippen molar-refractivity contribution in [2.24, 2.45) is 7.05 Å². The molecule has 0 spiro atoms. The zero-order valence-electron chi connectivity index (χ0n) is 14.7. The summed E-state index contributed by atoms with van der Waals surface area (Å²) in [6, 6.07) is 5.24. The maximum atomic E-state index is 13.4. The van der Waals surface area contributed by atoms with Crippen LogP contribution in [-0.4, -0.2) is 54.1 Å². The van der Waals surface area contributed by atoms with Crippen molar-refractivity contribution in [3.05, 3.63) is 48.8 Å². The highest BCUT2D eigenvalue weighted by molar-refractivity contribution is 5.93. The van der Waals surface area contributed by atoms with Crippen LogP contribution in [-0.2, 0) is 7.05 Å². The van der Waals surface area contributed by atoms with Crippen LogP contribution in [0.3, 0.4) is 0 Å². The van der Waals surface area contributed by atoms with E-state index in [2.05, 4.69) is 15.1 Å². The van der Waals surface area contributed by atoms with Crippen molar-refractivity contribution < 1.29 is 13.6 Å². The molecule has 4 heterocycles. The number of likely N-dealkylation sites (tertiary alicyclic amines) is 1. The maximum absolute atomic E-state index is 13.4. The van der Waals surface area contributed by atoms with Gasteiger partial charge in [-0.25, -0.2) is 18.4 Å². The lowest BCUT2D eigenvalue weighted by Crippen LogP contribution is -2.42. The molecule has 0 aliphatic carbocycles. The summed E-state index contributed by atoms with van der Waals surface area (Å²) in [6.07, 6.45) is 6.11. The molecule has 27 heavy (non-hydrogen) atoms. The van der Waals surface area contributed by atoms with Gasteiger partial charge in [0.1, 0.15) is 5.69 Å². The molecule has 0 saturated carbocycles. The molecule has 0 radical (unpaired) electrons. The quantitative estimate of drug-likeness (QED) is 0.709. The van der Waals surface area contributed by atoms with Crippen LogP contribution < -0.4 is 0 Å². The van der Waals surface area contributed by atoms with Crippen LogP contribution in [0.25, 0.3) is 17.1 Å². The van der Waals surface area contributed by atoms with Crippen molar-refractivity contribution in [3.63, 3.8) is 0 Å². The van der Waals surface area contributed by atoms with Crippen LogP contribution in [0.5, 0.6) is 0 Å². The topological polar surface area (TPSA) is 68.8 Å². The van der Waals surface area contributed by atoms with E-state index in [4.69, 9.17) is 0 Å². The number of halogens is 2. The van der Waals surface area contributed by atoms with Crippen molar-refractivity contribution >= 4 is 5.91 Å². The first-order valence-corrected chi connectivity index (χ1v) is 8.59. The Morgan fingerprint density at radius 2 is 2.04 bits per heavy atom. The molecule has 0 atom stereocenters. The number of hydrogen-bond acceptors (Lipinski definition) is 4. The Hall–Kier alpha value is -3.10. The summed E-state index contributed by atoms with van der Waals surface area (Å²) in [6.45, 7) is 0.0367. The van der Waals surface area contributed by atoms with Gasteiger partial charge in [-0.15, -0.1) is 0 Å². The normalized spacial score (nSPS) is 16.5. The van der Waals surface area contributed by atoms with Crippen LogP contribution in [0.2, 0.25) is 0 Å².